The zero-order valence-electron chi connectivity index (χ0n) is 12.7. The van der Waals surface area contributed by atoms with Crippen LogP contribution in [0.2, 0.25) is 5.02 Å². The summed E-state index contributed by atoms with van der Waals surface area (Å²) in [5.74, 6) is 0.625. The van der Waals surface area contributed by atoms with Crippen molar-refractivity contribution < 1.29 is 4.79 Å². The van der Waals surface area contributed by atoms with E-state index in [0.29, 0.717) is 5.75 Å². The first-order valence-electron chi connectivity index (χ1n) is 7.48. The maximum Gasteiger partial charge on any atom is 0.232 e. The largest absolute Gasteiger partial charge is 0.342 e. The number of thioether (sulfide) groups is 1. The van der Waals surface area contributed by atoms with Gasteiger partial charge in [0.15, 0.2) is 0 Å². The lowest BCUT2D eigenvalue weighted by Crippen LogP contribution is -2.43. The van der Waals surface area contributed by atoms with Crippen molar-refractivity contribution in [1.29, 1.82) is 0 Å². The van der Waals surface area contributed by atoms with Gasteiger partial charge in [-0.2, -0.15) is 0 Å². The number of fused-ring (bicyclic) bond motifs is 1. The summed E-state index contributed by atoms with van der Waals surface area (Å²) >= 11 is 7.88. The van der Waals surface area contributed by atoms with E-state index in [1.54, 1.807) is 11.8 Å². The van der Waals surface area contributed by atoms with Crippen LogP contribution in [0.5, 0.6) is 0 Å². The summed E-state index contributed by atoms with van der Waals surface area (Å²) < 4.78 is 0. The van der Waals surface area contributed by atoms with E-state index < -0.39 is 0 Å². The Morgan fingerprint density at radius 2 is 1.87 bits per heavy atom. The molecule has 1 fully saturated rings. The summed E-state index contributed by atoms with van der Waals surface area (Å²) in [6.07, 6.45) is 1.80. The molecule has 6 heteroatoms. The molecule has 1 amide bonds. The lowest BCUT2D eigenvalue weighted by atomic mass is 10.1. The van der Waals surface area contributed by atoms with Crippen molar-refractivity contribution in [2.24, 2.45) is 5.73 Å². The normalized spacial score (nSPS) is 15.5. The molecule has 0 unspecified atom stereocenters. The molecule has 1 saturated heterocycles. The molecule has 0 aromatic heterocycles. The molecule has 3 rings (SSSR count). The van der Waals surface area contributed by atoms with Crippen LogP contribution in [-0.2, 0) is 4.79 Å². The van der Waals surface area contributed by atoms with Gasteiger partial charge >= 0.3 is 0 Å². The van der Waals surface area contributed by atoms with Crippen LogP contribution in [0.25, 0.3) is 10.8 Å². The molecule has 0 radical (unpaired) electrons. The number of carbonyl (C=O) groups is 1. The van der Waals surface area contributed by atoms with Crippen LogP contribution in [0.1, 0.15) is 12.8 Å². The Bertz CT molecular complexity index is 682. The molecule has 3 nitrogen and oxygen atoms in total. The molecular weight excluding hydrogens is 351 g/mol. The van der Waals surface area contributed by atoms with E-state index in [-0.39, 0.29) is 24.4 Å². The van der Waals surface area contributed by atoms with Crippen molar-refractivity contribution in [2.45, 2.75) is 23.8 Å². The van der Waals surface area contributed by atoms with Gasteiger partial charge in [-0.1, -0.05) is 35.9 Å². The summed E-state index contributed by atoms with van der Waals surface area (Å²) in [4.78, 5) is 15.3. The van der Waals surface area contributed by atoms with Gasteiger partial charge in [0, 0.05) is 34.4 Å². The van der Waals surface area contributed by atoms with Gasteiger partial charge in [-0.05, 0) is 30.4 Å². The smallest absolute Gasteiger partial charge is 0.232 e. The highest BCUT2D eigenvalue weighted by Crippen LogP contribution is 2.33. The third-order valence-corrected chi connectivity index (χ3v) is 5.42. The van der Waals surface area contributed by atoms with Crippen molar-refractivity contribution in [2.75, 3.05) is 18.8 Å². The zero-order chi connectivity index (χ0) is 15.5. The van der Waals surface area contributed by atoms with Crippen molar-refractivity contribution >= 4 is 52.4 Å². The molecule has 0 bridgehead atoms. The highest BCUT2D eigenvalue weighted by molar-refractivity contribution is 8.00. The minimum absolute atomic E-state index is 0. The molecule has 1 heterocycles. The number of benzene rings is 2. The predicted molar refractivity (Wildman–Crippen MR) is 101 cm³/mol. The van der Waals surface area contributed by atoms with Gasteiger partial charge < -0.3 is 10.6 Å². The molecule has 2 N–H and O–H groups in total. The van der Waals surface area contributed by atoms with Crippen LogP contribution in [0, 0.1) is 0 Å². The molecule has 1 aliphatic heterocycles. The average Bonchev–Trinajstić information content (AvgIpc) is 2.53. The highest BCUT2D eigenvalue weighted by atomic mass is 35.5. The molecule has 0 spiro atoms. The van der Waals surface area contributed by atoms with Gasteiger partial charge in [0.1, 0.15) is 0 Å². The van der Waals surface area contributed by atoms with Crippen LogP contribution in [0.15, 0.2) is 41.3 Å². The molecule has 2 aromatic carbocycles. The maximum absolute atomic E-state index is 12.3. The summed E-state index contributed by atoms with van der Waals surface area (Å²) in [6, 6.07) is 12.2. The Labute approximate surface area is 152 Å². The molecule has 23 heavy (non-hydrogen) atoms. The lowest BCUT2D eigenvalue weighted by molar-refractivity contribution is -0.129. The second-order valence-corrected chi connectivity index (χ2v) is 7.03. The second kappa shape index (κ2) is 8.25. The van der Waals surface area contributed by atoms with Gasteiger partial charge in [0.2, 0.25) is 5.91 Å². The van der Waals surface area contributed by atoms with E-state index in [9.17, 15) is 4.79 Å². The van der Waals surface area contributed by atoms with Gasteiger partial charge in [0.25, 0.3) is 0 Å². The molecule has 124 valence electrons. The van der Waals surface area contributed by atoms with E-state index in [4.69, 9.17) is 17.3 Å². The number of hydrogen-bond donors (Lipinski definition) is 1. The van der Waals surface area contributed by atoms with Crippen molar-refractivity contribution in [1.82, 2.24) is 4.90 Å². The fraction of sp³-hybridized carbons (Fsp3) is 0.353. The molecule has 0 saturated carbocycles. The van der Waals surface area contributed by atoms with Crippen LogP contribution in [0.3, 0.4) is 0 Å². The summed E-state index contributed by atoms with van der Waals surface area (Å²) in [5, 5.41) is 2.87. The monoisotopic (exact) mass is 370 g/mol. The third-order valence-electron chi connectivity index (χ3n) is 4.06. The number of piperidine rings is 1. The fourth-order valence-electron chi connectivity index (χ4n) is 2.76. The Morgan fingerprint density at radius 1 is 1.22 bits per heavy atom. The predicted octanol–water partition coefficient (Wildman–Crippen LogP) is 3.96. The lowest BCUT2D eigenvalue weighted by Gasteiger charge is -2.30. The first kappa shape index (κ1) is 18.4. The molecule has 0 atom stereocenters. The maximum atomic E-state index is 12.3. The molecular formula is C17H20Cl2N2OS. The van der Waals surface area contributed by atoms with Crippen molar-refractivity contribution in [3.8, 4) is 0 Å². The number of carbonyl (C=O) groups excluding carboxylic acids is 1. The fourth-order valence-corrected chi connectivity index (χ4v) is 4.11. The standard InChI is InChI=1S/C17H19ClN2OS.ClH/c18-14-5-1-3-12-4-2-6-15(17(12)14)22-11-16(21)20-9-7-13(19)8-10-20;/h1-6,13H,7-11,19H2;1H. The van der Waals surface area contributed by atoms with E-state index in [0.717, 1.165) is 46.6 Å². The number of hydrogen-bond acceptors (Lipinski definition) is 3. The van der Waals surface area contributed by atoms with Gasteiger partial charge in [0.05, 0.1) is 5.75 Å². The Hall–Kier alpha value is -0.940. The number of halogens is 2. The minimum atomic E-state index is 0. The third kappa shape index (κ3) is 4.32. The van der Waals surface area contributed by atoms with Crippen LogP contribution in [0.4, 0.5) is 0 Å². The number of nitrogens with two attached hydrogens (primary N) is 1. The zero-order valence-corrected chi connectivity index (χ0v) is 15.1. The summed E-state index contributed by atoms with van der Waals surface area (Å²) in [6.45, 7) is 1.55. The SMILES string of the molecule is Cl.NC1CCN(C(=O)CSc2cccc3cccc(Cl)c23)CC1. The number of rotatable bonds is 3. The van der Waals surface area contributed by atoms with E-state index >= 15 is 0 Å². The quantitative estimate of drug-likeness (QED) is 0.831. The Morgan fingerprint density at radius 3 is 2.57 bits per heavy atom. The Kier molecular flexibility index (Phi) is 6.60. The van der Waals surface area contributed by atoms with Crippen LogP contribution < -0.4 is 5.73 Å². The van der Waals surface area contributed by atoms with Crippen LogP contribution in [-0.4, -0.2) is 35.7 Å². The topological polar surface area (TPSA) is 46.3 Å². The van der Waals surface area contributed by atoms with Crippen molar-refractivity contribution in [3.05, 3.63) is 41.4 Å². The Balaban J connectivity index is 0.00000192. The van der Waals surface area contributed by atoms with Crippen LogP contribution >= 0.6 is 35.8 Å². The first-order chi connectivity index (χ1) is 10.6. The summed E-state index contributed by atoms with van der Waals surface area (Å²) in [7, 11) is 0. The first-order valence-corrected chi connectivity index (χ1v) is 8.85. The second-order valence-electron chi connectivity index (χ2n) is 5.60. The minimum Gasteiger partial charge on any atom is -0.342 e. The number of amides is 1. The van der Waals surface area contributed by atoms with Crippen molar-refractivity contribution in [3.63, 3.8) is 0 Å². The van der Waals surface area contributed by atoms with Gasteiger partial charge in [-0.3, -0.25) is 4.79 Å². The van der Waals surface area contributed by atoms with E-state index in [1.807, 2.05) is 41.3 Å². The van der Waals surface area contributed by atoms with E-state index in [2.05, 4.69) is 0 Å². The van der Waals surface area contributed by atoms with Gasteiger partial charge in [-0.15, -0.1) is 24.2 Å². The van der Waals surface area contributed by atoms with Gasteiger partial charge in [-0.25, -0.2) is 0 Å². The number of likely N-dealkylation sites (tertiary alicyclic amines) is 1. The number of nitrogens with zero attached hydrogens (tertiary/aromatic N) is 1. The highest BCUT2D eigenvalue weighted by Gasteiger charge is 2.20. The van der Waals surface area contributed by atoms with E-state index in [1.165, 1.54) is 0 Å². The molecule has 0 aliphatic carbocycles. The molecule has 1 aliphatic rings. The molecule has 2 aromatic rings. The average molecular weight is 371 g/mol. The summed E-state index contributed by atoms with van der Waals surface area (Å²) in [5.41, 5.74) is 5.88.